The summed E-state index contributed by atoms with van der Waals surface area (Å²) in [7, 11) is 1.56. The van der Waals surface area contributed by atoms with Gasteiger partial charge in [0.2, 0.25) is 5.91 Å². The van der Waals surface area contributed by atoms with Gasteiger partial charge in [-0.2, -0.15) is 5.10 Å². The van der Waals surface area contributed by atoms with Gasteiger partial charge in [0.05, 0.1) is 24.6 Å². The molecule has 1 heterocycles. The standard InChI is InChI=1S/C18H15N3O4S/c1-24-14-7-5-13(6-8-14)17(23)25-15-4-2-3-12(9-15)10-19-21-18-20-16(22)11-26-18/h2-10H,11H2,1H3,(H,20,21,22). The number of ether oxygens (including phenoxy) is 2. The van der Waals surface area contributed by atoms with Crippen LogP contribution in [0.1, 0.15) is 15.9 Å². The van der Waals surface area contributed by atoms with Crippen LogP contribution in [0, 0.1) is 0 Å². The zero-order valence-corrected chi connectivity index (χ0v) is 14.7. The first-order chi connectivity index (χ1) is 12.6. The summed E-state index contributed by atoms with van der Waals surface area (Å²) in [6.07, 6.45) is 1.52. The van der Waals surface area contributed by atoms with Crippen molar-refractivity contribution < 1.29 is 19.1 Å². The van der Waals surface area contributed by atoms with E-state index in [1.807, 2.05) is 0 Å². The lowest BCUT2D eigenvalue weighted by atomic mass is 10.2. The van der Waals surface area contributed by atoms with Crippen LogP contribution in [0.2, 0.25) is 0 Å². The molecule has 3 rings (SSSR count). The molecule has 1 N–H and O–H groups in total. The van der Waals surface area contributed by atoms with Crippen molar-refractivity contribution in [3.63, 3.8) is 0 Å². The van der Waals surface area contributed by atoms with Crippen molar-refractivity contribution in [2.75, 3.05) is 12.9 Å². The summed E-state index contributed by atoms with van der Waals surface area (Å²) in [4.78, 5) is 23.2. The van der Waals surface area contributed by atoms with Gasteiger partial charge < -0.3 is 14.8 Å². The van der Waals surface area contributed by atoms with Crippen molar-refractivity contribution in [3.8, 4) is 11.5 Å². The van der Waals surface area contributed by atoms with E-state index < -0.39 is 5.97 Å². The van der Waals surface area contributed by atoms with Crippen molar-refractivity contribution in [3.05, 3.63) is 59.7 Å². The van der Waals surface area contributed by atoms with Gasteiger partial charge >= 0.3 is 5.97 Å². The van der Waals surface area contributed by atoms with Crippen molar-refractivity contribution in [2.45, 2.75) is 0 Å². The van der Waals surface area contributed by atoms with Gasteiger partial charge in [-0.05, 0) is 42.0 Å². The molecular formula is C18H15N3O4S. The van der Waals surface area contributed by atoms with Crippen LogP contribution in [0.15, 0.2) is 58.7 Å². The van der Waals surface area contributed by atoms with Crippen LogP contribution >= 0.6 is 11.8 Å². The van der Waals surface area contributed by atoms with E-state index in [0.717, 1.165) is 0 Å². The molecule has 1 amide bonds. The molecule has 0 aromatic heterocycles. The zero-order chi connectivity index (χ0) is 18.4. The topological polar surface area (TPSA) is 89.3 Å². The second-order valence-electron chi connectivity index (χ2n) is 5.18. The van der Waals surface area contributed by atoms with E-state index >= 15 is 0 Å². The van der Waals surface area contributed by atoms with E-state index in [9.17, 15) is 9.59 Å². The SMILES string of the molecule is COc1ccc(C(=O)Oc2cccc(C=NN=C3NC(=O)CS3)c2)cc1. The molecule has 8 heteroatoms. The summed E-state index contributed by atoms with van der Waals surface area (Å²) >= 11 is 1.29. The molecule has 2 aromatic carbocycles. The maximum absolute atomic E-state index is 12.2. The molecule has 0 spiro atoms. The van der Waals surface area contributed by atoms with Gasteiger partial charge in [-0.15, -0.1) is 5.10 Å². The van der Waals surface area contributed by atoms with E-state index in [1.165, 1.54) is 18.0 Å². The number of esters is 1. The Labute approximate surface area is 154 Å². The van der Waals surface area contributed by atoms with Gasteiger partial charge in [-0.25, -0.2) is 4.79 Å². The van der Waals surface area contributed by atoms with Crippen LogP contribution in [0.3, 0.4) is 0 Å². The third-order valence-electron chi connectivity index (χ3n) is 3.34. The highest BCUT2D eigenvalue weighted by atomic mass is 32.2. The largest absolute Gasteiger partial charge is 0.497 e. The van der Waals surface area contributed by atoms with Gasteiger partial charge in [-0.3, -0.25) is 4.79 Å². The highest BCUT2D eigenvalue weighted by Gasteiger charge is 2.15. The normalized spacial score (nSPS) is 15.3. The number of hydrogen-bond acceptors (Lipinski definition) is 7. The monoisotopic (exact) mass is 369 g/mol. The van der Waals surface area contributed by atoms with E-state index in [4.69, 9.17) is 9.47 Å². The fourth-order valence-electron chi connectivity index (χ4n) is 2.08. The number of nitrogens with zero attached hydrogens (tertiary/aromatic N) is 2. The Morgan fingerprint density at radius 2 is 2.00 bits per heavy atom. The highest BCUT2D eigenvalue weighted by molar-refractivity contribution is 8.15. The summed E-state index contributed by atoms with van der Waals surface area (Å²) in [5, 5.41) is 10.9. The number of thioether (sulfide) groups is 1. The minimum Gasteiger partial charge on any atom is -0.497 e. The average molecular weight is 369 g/mol. The van der Waals surface area contributed by atoms with Crippen molar-refractivity contribution >= 4 is 35.0 Å². The van der Waals surface area contributed by atoms with Crippen molar-refractivity contribution in [1.29, 1.82) is 0 Å². The van der Waals surface area contributed by atoms with Gasteiger partial charge in [0.25, 0.3) is 0 Å². The lowest BCUT2D eigenvalue weighted by Crippen LogP contribution is -2.19. The predicted molar refractivity (Wildman–Crippen MR) is 100 cm³/mol. The lowest BCUT2D eigenvalue weighted by molar-refractivity contribution is -0.116. The molecule has 1 saturated heterocycles. The maximum atomic E-state index is 12.2. The summed E-state index contributed by atoms with van der Waals surface area (Å²) in [6.45, 7) is 0. The van der Waals surface area contributed by atoms with Gasteiger partial charge in [0.1, 0.15) is 11.5 Å². The number of carbonyl (C=O) groups excluding carboxylic acids is 2. The fourth-order valence-corrected chi connectivity index (χ4v) is 2.71. The molecule has 0 atom stereocenters. The van der Waals surface area contributed by atoms with Crippen LogP contribution in [0.25, 0.3) is 0 Å². The second kappa shape index (κ2) is 8.30. The van der Waals surface area contributed by atoms with Crippen molar-refractivity contribution in [2.24, 2.45) is 10.2 Å². The van der Waals surface area contributed by atoms with Crippen LogP contribution in [0.5, 0.6) is 11.5 Å². The van der Waals surface area contributed by atoms with Crippen LogP contribution in [0.4, 0.5) is 0 Å². The van der Waals surface area contributed by atoms with E-state index in [-0.39, 0.29) is 5.91 Å². The molecule has 0 saturated carbocycles. The Morgan fingerprint density at radius 3 is 2.69 bits per heavy atom. The molecular weight excluding hydrogens is 354 g/mol. The lowest BCUT2D eigenvalue weighted by Gasteiger charge is -2.05. The number of methoxy groups -OCH3 is 1. The Balaban J connectivity index is 1.64. The molecule has 1 aliphatic heterocycles. The van der Waals surface area contributed by atoms with Crippen LogP contribution < -0.4 is 14.8 Å². The summed E-state index contributed by atoms with van der Waals surface area (Å²) in [5.74, 6) is 0.859. The number of hydrogen-bond donors (Lipinski definition) is 1. The summed E-state index contributed by atoms with van der Waals surface area (Å²) in [5.41, 5.74) is 1.13. The zero-order valence-electron chi connectivity index (χ0n) is 13.8. The molecule has 2 aromatic rings. The first-order valence-electron chi connectivity index (χ1n) is 7.64. The third-order valence-corrected chi connectivity index (χ3v) is 4.20. The molecule has 1 aliphatic rings. The van der Waals surface area contributed by atoms with E-state index in [1.54, 1.807) is 55.6 Å². The Bertz CT molecular complexity index is 878. The maximum Gasteiger partial charge on any atom is 0.343 e. The minimum absolute atomic E-state index is 0.0867. The van der Waals surface area contributed by atoms with Gasteiger partial charge in [-0.1, -0.05) is 23.9 Å². The van der Waals surface area contributed by atoms with Crippen molar-refractivity contribution in [1.82, 2.24) is 5.32 Å². The number of amides is 1. The Kier molecular flexibility index (Phi) is 5.65. The average Bonchev–Trinajstić information content (AvgIpc) is 3.07. The summed E-state index contributed by atoms with van der Waals surface area (Å²) < 4.78 is 10.4. The minimum atomic E-state index is -0.466. The molecule has 7 nitrogen and oxygen atoms in total. The number of carbonyl (C=O) groups is 2. The number of benzene rings is 2. The molecule has 1 fully saturated rings. The molecule has 26 heavy (non-hydrogen) atoms. The predicted octanol–water partition coefficient (Wildman–Crippen LogP) is 2.47. The first kappa shape index (κ1) is 17.7. The third kappa shape index (κ3) is 4.70. The van der Waals surface area contributed by atoms with E-state index in [0.29, 0.717) is 33.5 Å². The Morgan fingerprint density at radius 1 is 1.19 bits per heavy atom. The molecule has 0 unspecified atom stereocenters. The van der Waals surface area contributed by atoms with Crippen LogP contribution in [-0.2, 0) is 4.79 Å². The van der Waals surface area contributed by atoms with Gasteiger partial charge in [0, 0.05) is 0 Å². The van der Waals surface area contributed by atoms with E-state index in [2.05, 4.69) is 15.5 Å². The highest BCUT2D eigenvalue weighted by Crippen LogP contribution is 2.17. The molecule has 0 aliphatic carbocycles. The number of amidine groups is 1. The fraction of sp³-hybridized carbons (Fsp3) is 0.111. The molecule has 0 radical (unpaired) electrons. The number of nitrogens with one attached hydrogen (secondary N) is 1. The van der Waals surface area contributed by atoms with Crippen LogP contribution in [-0.4, -0.2) is 36.1 Å². The van der Waals surface area contributed by atoms with Gasteiger partial charge in [0.15, 0.2) is 5.17 Å². The summed E-state index contributed by atoms with van der Waals surface area (Å²) in [6, 6.07) is 13.6. The number of rotatable bonds is 5. The molecule has 0 bridgehead atoms. The Hall–Kier alpha value is -3.13. The molecule has 132 valence electrons. The first-order valence-corrected chi connectivity index (χ1v) is 8.62. The second-order valence-corrected chi connectivity index (χ2v) is 6.14. The smallest absolute Gasteiger partial charge is 0.343 e. The quantitative estimate of drug-likeness (QED) is 0.378.